The monoisotopic (exact) mass is 269 g/mol. The molecule has 1 aromatic heterocycles. The van der Waals surface area contributed by atoms with Gasteiger partial charge in [0.25, 0.3) is 0 Å². The Hall–Kier alpha value is -0.490. The van der Waals surface area contributed by atoms with E-state index in [2.05, 4.69) is 29.0 Å². The summed E-state index contributed by atoms with van der Waals surface area (Å²) in [4.78, 5) is 8.03. The lowest BCUT2D eigenvalue weighted by molar-refractivity contribution is -0.0372. The first-order chi connectivity index (χ1) is 8.65. The Labute approximate surface area is 113 Å². The fourth-order valence-corrected chi connectivity index (χ4v) is 2.94. The van der Waals surface area contributed by atoms with E-state index in [0.717, 1.165) is 37.8 Å². The number of hydrogen-bond acceptors (Lipinski definition) is 5. The maximum atomic E-state index is 5.79. The molecule has 2 heterocycles. The molecule has 0 saturated carbocycles. The van der Waals surface area contributed by atoms with Crippen molar-refractivity contribution in [3.8, 4) is 0 Å². The Bertz CT molecular complexity index is 367. The van der Waals surface area contributed by atoms with Crippen LogP contribution in [0.1, 0.15) is 23.7 Å². The molecule has 18 heavy (non-hydrogen) atoms. The van der Waals surface area contributed by atoms with Crippen LogP contribution in [0.4, 0.5) is 0 Å². The molecule has 1 saturated heterocycles. The maximum Gasteiger partial charge on any atom is 0.0897 e. The Morgan fingerprint density at radius 3 is 3.11 bits per heavy atom. The van der Waals surface area contributed by atoms with Crippen LogP contribution < -0.4 is 5.32 Å². The quantitative estimate of drug-likeness (QED) is 0.882. The summed E-state index contributed by atoms with van der Waals surface area (Å²) < 4.78 is 5.79. The maximum absolute atomic E-state index is 5.79. The molecule has 5 heteroatoms. The van der Waals surface area contributed by atoms with Gasteiger partial charge >= 0.3 is 0 Å². The predicted molar refractivity (Wildman–Crippen MR) is 75.0 cm³/mol. The third-order valence-corrected chi connectivity index (χ3v) is 4.15. The van der Waals surface area contributed by atoms with E-state index in [-0.39, 0.29) is 0 Å². The topological polar surface area (TPSA) is 37.4 Å². The molecule has 102 valence electrons. The Kier molecular flexibility index (Phi) is 5.12. The van der Waals surface area contributed by atoms with E-state index in [1.807, 2.05) is 13.1 Å². The second-order valence-electron chi connectivity index (χ2n) is 5.06. The van der Waals surface area contributed by atoms with Crippen LogP contribution in [0.3, 0.4) is 0 Å². The molecule has 1 N–H and O–H groups in total. The van der Waals surface area contributed by atoms with E-state index < -0.39 is 0 Å². The highest BCUT2D eigenvalue weighted by Gasteiger charge is 2.21. The minimum atomic E-state index is 0.315. The number of thiazole rings is 1. The van der Waals surface area contributed by atoms with Gasteiger partial charge < -0.3 is 10.1 Å². The van der Waals surface area contributed by atoms with Crippen LogP contribution in [0.5, 0.6) is 0 Å². The van der Waals surface area contributed by atoms with Crippen molar-refractivity contribution in [2.75, 3.05) is 26.2 Å². The van der Waals surface area contributed by atoms with Crippen molar-refractivity contribution in [3.63, 3.8) is 0 Å². The molecule has 2 rings (SSSR count). The highest BCUT2D eigenvalue weighted by Crippen LogP contribution is 2.11. The molecule has 1 unspecified atom stereocenters. The zero-order chi connectivity index (χ0) is 13.0. The standard InChI is InChI=1S/C13H23N3OS/c1-10(2)16-4-5-17-12(9-16)6-14-7-13-8-15-11(3)18-13/h8,10,12,14H,4-7,9H2,1-3H3. The van der Waals surface area contributed by atoms with Crippen LogP contribution in [0.25, 0.3) is 0 Å². The van der Waals surface area contributed by atoms with Crippen molar-refractivity contribution in [1.29, 1.82) is 0 Å². The fourth-order valence-electron chi connectivity index (χ4n) is 2.18. The number of aryl methyl sites for hydroxylation is 1. The zero-order valence-electron chi connectivity index (χ0n) is 11.5. The second-order valence-corrected chi connectivity index (χ2v) is 6.38. The molecule has 0 radical (unpaired) electrons. The van der Waals surface area contributed by atoms with Gasteiger partial charge in [-0.3, -0.25) is 4.90 Å². The third-order valence-electron chi connectivity index (χ3n) is 3.24. The van der Waals surface area contributed by atoms with Gasteiger partial charge in [-0.2, -0.15) is 0 Å². The molecule has 0 amide bonds. The SMILES string of the molecule is Cc1ncc(CNCC2CN(C(C)C)CCO2)s1. The highest BCUT2D eigenvalue weighted by molar-refractivity contribution is 7.11. The van der Waals surface area contributed by atoms with Crippen LogP contribution >= 0.6 is 11.3 Å². The first-order valence-electron chi connectivity index (χ1n) is 6.63. The molecular formula is C13H23N3OS. The lowest BCUT2D eigenvalue weighted by Gasteiger charge is -2.35. The third kappa shape index (κ3) is 4.02. The van der Waals surface area contributed by atoms with E-state index in [4.69, 9.17) is 4.74 Å². The van der Waals surface area contributed by atoms with Crippen LogP contribution in [0.2, 0.25) is 0 Å². The first-order valence-corrected chi connectivity index (χ1v) is 7.44. The number of morpholine rings is 1. The Balaban J connectivity index is 1.70. The van der Waals surface area contributed by atoms with E-state index in [0.29, 0.717) is 12.1 Å². The summed E-state index contributed by atoms with van der Waals surface area (Å²) in [5, 5.41) is 4.59. The van der Waals surface area contributed by atoms with Crippen LogP contribution in [-0.4, -0.2) is 48.3 Å². The number of nitrogens with one attached hydrogen (secondary N) is 1. The Morgan fingerprint density at radius 2 is 2.44 bits per heavy atom. The molecule has 1 aliphatic rings. The lowest BCUT2D eigenvalue weighted by Crippen LogP contribution is -2.48. The van der Waals surface area contributed by atoms with Gasteiger partial charge in [0.15, 0.2) is 0 Å². The average Bonchev–Trinajstić information content (AvgIpc) is 2.75. The number of rotatable bonds is 5. The molecule has 1 aromatic rings. The first kappa shape index (κ1) is 13.9. The van der Waals surface area contributed by atoms with Gasteiger partial charge in [0.05, 0.1) is 17.7 Å². The van der Waals surface area contributed by atoms with Crippen LogP contribution in [-0.2, 0) is 11.3 Å². The molecule has 1 aliphatic heterocycles. The average molecular weight is 269 g/mol. The van der Waals surface area contributed by atoms with Crippen LogP contribution in [0.15, 0.2) is 6.20 Å². The molecule has 0 spiro atoms. The van der Waals surface area contributed by atoms with Crippen molar-refractivity contribution in [2.24, 2.45) is 0 Å². The van der Waals surface area contributed by atoms with Crippen LogP contribution in [0, 0.1) is 6.92 Å². The van der Waals surface area contributed by atoms with E-state index in [1.165, 1.54) is 4.88 Å². The largest absolute Gasteiger partial charge is 0.374 e. The van der Waals surface area contributed by atoms with E-state index in [9.17, 15) is 0 Å². The van der Waals surface area contributed by atoms with Crippen molar-refractivity contribution in [1.82, 2.24) is 15.2 Å². The predicted octanol–water partition coefficient (Wildman–Crippen LogP) is 1.65. The number of aromatic nitrogens is 1. The molecule has 4 nitrogen and oxygen atoms in total. The van der Waals surface area contributed by atoms with E-state index >= 15 is 0 Å². The van der Waals surface area contributed by atoms with Gasteiger partial charge in [0, 0.05) is 43.3 Å². The summed E-state index contributed by atoms with van der Waals surface area (Å²) in [5.74, 6) is 0. The molecule has 1 fully saturated rings. The minimum Gasteiger partial charge on any atom is -0.374 e. The molecule has 1 atom stereocenters. The number of ether oxygens (including phenoxy) is 1. The summed E-state index contributed by atoms with van der Waals surface area (Å²) in [7, 11) is 0. The number of hydrogen-bond donors (Lipinski definition) is 1. The van der Waals surface area contributed by atoms with Crippen molar-refractivity contribution < 1.29 is 4.74 Å². The number of nitrogens with zero attached hydrogens (tertiary/aromatic N) is 2. The lowest BCUT2D eigenvalue weighted by atomic mass is 10.2. The Morgan fingerprint density at radius 1 is 1.61 bits per heavy atom. The highest BCUT2D eigenvalue weighted by atomic mass is 32.1. The van der Waals surface area contributed by atoms with E-state index in [1.54, 1.807) is 11.3 Å². The van der Waals surface area contributed by atoms with Gasteiger partial charge in [-0.25, -0.2) is 4.98 Å². The van der Waals surface area contributed by atoms with Gasteiger partial charge in [-0.15, -0.1) is 11.3 Å². The normalized spacial score (nSPS) is 21.7. The van der Waals surface area contributed by atoms with Gasteiger partial charge in [0.2, 0.25) is 0 Å². The summed E-state index contributed by atoms with van der Waals surface area (Å²) in [6.07, 6.45) is 2.27. The van der Waals surface area contributed by atoms with Gasteiger partial charge in [-0.1, -0.05) is 0 Å². The molecule has 0 aromatic carbocycles. The summed E-state index contributed by atoms with van der Waals surface area (Å²) in [6.45, 7) is 11.3. The summed E-state index contributed by atoms with van der Waals surface area (Å²) >= 11 is 1.75. The summed E-state index contributed by atoms with van der Waals surface area (Å²) in [6, 6.07) is 0.612. The fraction of sp³-hybridized carbons (Fsp3) is 0.769. The van der Waals surface area contributed by atoms with Gasteiger partial charge in [-0.05, 0) is 20.8 Å². The van der Waals surface area contributed by atoms with Crippen molar-refractivity contribution in [3.05, 3.63) is 16.1 Å². The minimum absolute atomic E-state index is 0.315. The van der Waals surface area contributed by atoms with Crippen molar-refractivity contribution >= 4 is 11.3 Å². The smallest absolute Gasteiger partial charge is 0.0897 e. The summed E-state index contributed by atoms with van der Waals surface area (Å²) in [5.41, 5.74) is 0. The molecular weight excluding hydrogens is 246 g/mol. The zero-order valence-corrected chi connectivity index (χ0v) is 12.3. The molecule has 0 bridgehead atoms. The second kappa shape index (κ2) is 6.61. The van der Waals surface area contributed by atoms with Gasteiger partial charge in [0.1, 0.15) is 0 Å². The molecule has 0 aliphatic carbocycles. The van der Waals surface area contributed by atoms with Crippen molar-refractivity contribution in [2.45, 2.75) is 39.5 Å².